The van der Waals surface area contributed by atoms with Crippen molar-refractivity contribution in [3.63, 3.8) is 0 Å². The number of amides is 3. The first-order valence-corrected chi connectivity index (χ1v) is 15.2. The molecule has 3 atom stereocenters. The molecule has 2 aliphatic rings. The van der Waals surface area contributed by atoms with Crippen LogP contribution in [0.25, 0.3) is 0 Å². The zero-order valence-electron chi connectivity index (χ0n) is 21.7. The number of benzene rings is 3. The second-order valence-corrected chi connectivity index (χ2v) is 12.9. The second kappa shape index (κ2) is 11.0. The van der Waals surface area contributed by atoms with Crippen molar-refractivity contribution < 1.29 is 32.7 Å². The van der Waals surface area contributed by atoms with E-state index in [0.717, 1.165) is 55.2 Å². The van der Waals surface area contributed by atoms with Gasteiger partial charge in [-0.2, -0.15) is 13.2 Å². The first kappa shape index (κ1) is 29.2. The summed E-state index contributed by atoms with van der Waals surface area (Å²) in [6, 6.07) is 17.1. The van der Waals surface area contributed by atoms with E-state index in [4.69, 9.17) is 0 Å². The lowest BCUT2D eigenvalue weighted by molar-refractivity contribution is -0.137. The molecule has 220 valence electrons. The molecule has 43 heavy (non-hydrogen) atoms. The van der Waals surface area contributed by atoms with E-state index in [1.807, 2.05) is 0 Å². The maximum atomic E-state index is 13.9. The third-order valence-electron chi connectivity index (χ3n) is 7.18. The third kappa shape index (κ3) is 5.27. The van der Waals surface area contributed by atoms with Crippen LogP contribution in [0.3, 0.4) is 0 Å². The Morgan fingerprint density at radius 1 is 0.977 bits per heavy atom. The lowest BCUT2D eigenvalue weighted by atomic mass is 9.82. The Balaban J connectivity index is 1.39. The smallest absolute Gasteiger partial charge is 0.416 e. The molecule has 0 bridgehead atoms. The molecule has 2 aliphatic heterocycles. The minimum Gasteiger partial charge on any atom is -0.508 e. The number of fused-ring (bicyclic) bond motifs is 2. The van der Waals surface area contributed by atoms with E-state index < -0.39 is 58.0 Å². The number of rotatable bonds is 5. The van der Waals surface area contributed by atoms with Crippen molar-refractivity contribution in [1.29, 1.82) is 0 Å². The van der Waals surface area contributed by atoms with Crippen LogP contribution in [0.2, 0.25) is 0 Å². The number of nitrogens with one attached hydrogen (secondary N) is 1. The van der Waals surface area contributed by atoms with Crippen molar-refractivity contribution in [2.24, 2.45) is 5.92 Å². The maximum Gasteiger partial charge on any atom is 0.416 e. The normalized spacial score (nSPS) is 19.7. The molecule has 0 aliphatic carbocycles. The van der Waals surface area contributed by atoms with Crippen LogP contribution in [-0.2, 0) is 27.1 Å². The summed E-state index contributed by atoms with van der Waals surface area (Å²) in [5.41, 5.74) is -0.328. The highest BCUT2D eigenvalue weighted by Gasteiger charge is 2.57. The summed E-state index contributed by atoms with van der Waals surface area (Å²) in [6.07, 6.45) is -4.61. The van der Waals surface area contributed by atoms with Gasteiger partial charge in [0.1, 0.15) is 17.5 Å². The Hall–Kier alpha value is -3.88. The van der Waals surface area contributed by atoms with Gasteiger partial charge >= 0.3 is 11.0 Å². The van der Waals surface area contributed by atoms with E-state index in [2.05, 4.69) is 21.2 Å². The zero-order valence-corrected chi connectivity index (χ0v) is 24.9. The Kier molecular flexibility index (Phi) is 7.47. The molecule has 4 aromatic rings. The maximum absolute atomic E-state index is 13.9. The van der Waals surface area contributed by atoms with Crippen LogP contribution < -0.4 is 15.1 Å². The first-order chi connectivity index (χ1) is 20.4. The molecule has 0 saturated carbocycles. The van der Waals surface area contributed by atoms with E-state index >= 15 is 0 Å². The van der Waals surface area contributed by atoms with Gasteiger partial charge in [0, 0.05) is 26.5 Å². The number of anilines is 2. The summed E-state index contributed by atoms with van der Waals surface area (Å²) in [7, 11) is 0. The van der Waals surface area contributed by atoms with E-state index in [1.165, 1.54) is 12.1 Å². The fourth-order valence-corrected chi connectivity index (χ4v) is 8.33. The van der Waals surface area contributed by atoms with E-state index in [9.17, 15) is 37.5 Å². The van der Waals surface area contributed by atoms with E-state index in [0.29, 0.717) is 16.1 Å². The summed E-state index contributed by atoms with van der Waals surface area (Å²) in [5.74, 6) is -3.70. The third-order valence-corrected chi connectivity index (χ3v) is 10.3. The van der Waals surface area contributed by atoms with Crippen molar-refractivity contribution >= 4 is 68.1 Å². The molecule has 14 heteroatoms. The second-order valence-electron chi connectivity index (χ2n) is 9.84. The average Bonchev–Trinajstić information content (AvgIpc) is 3.40. The fraction of sp³-hybridized carbons (Fsp3) is 0.172. The molecule has 0 unspecified atom stereocenters. The molecule has 3 amide bonds. The van der Waals surface area contributed by atoms with Gasteiger partial charge in [-0.3, -0.25) is 23.7 Å². The number of alkyl halides is 3. The molecule has 2 N–H and O–H groups in total. The van der Waals surface area contributed by atoms with E-state index in [1.54, 1.807) is 42.5 Å². The molecular weight excluding hydrogens is 671 g/mol. The number of hydrogen-bond acceptors (Lipinski definition) is 7. The summed E-state index contributed by atoms with van der Waals surface area (Å²) in [4.78, 5) is 54.8. The van der Waals surface area contributed by atoms with Gasteiger partial charge in [-0.25, -0.2) is 4.90 Å². The first-order valence-electron chi connectivity index (χ1n) is 12.7. The number of hydrogen-bond donors (Lipinski definition) is 2. The highest BCUT2D eigenvalue weighted by atomic mass is 79.9. The molecule has 0 spiro atoms. The van der Waals surface area contributed by atoms with E-state index in [-0.39, 0.29) is 16.5 Å². The van der Waals surface area contributed by atoms with Crippen molar-refractivity contribution in [3.05, 3.63) is 103 Å². The van der Waals surface area contributed by atoms with Crippen LogP contribution in [0, 0.1) is 5.92 Å². The molecule has 1 fully saturated rings. The number of nitrogens with zero attached hydrogens (tertiary/aromatic N) is 2. The van der Waals surface area contributed by atoms with Gasteiger partial charge in [-0.1, -0.05) is 63.3 Å². The van der Waals surface area contributed by atoms with Crippen LogP contribution in [0.5, 0.6) is 5.75 Å². The molecule has 6 rings (SSSR count). The largest absolute Gasteiger partial charge is 0.508 e. The predicted molar refractivity (Wildman–Crippen MR) is 158 cm³/mol. The quantitative estimate of drug-likeness (QED) is 0.255. The molecule has 8 nitrogen and oxygen atoms in total. The average molecular weight is 691 g/mol. The van der Waals surface area contributed by atoms with Gasteiger partial charge in [0.2, 0.25) is 17.7 Å². The number of thiazole rings is 1. The molecular formula is C29H19BrF3N3O5S2. The Morgan fingerprint density at radius 3 is 2.40 bits per heavy atom. The molecule has 1 aromatic heterocycles. The van der Waals surface area contributed by atoms with Crippen LogP contribution in [0.1, 0.15) is 21.9 Å². The van der Waals surface area contributed by atoms with Gasteiger partial charge < -0.3 is 10.4 Å². The molecule has 0 radical (unpaired) electrons. The van der Waals surface area contributed by atoms with Gasteiger partial charge in [-0.15, -0.1) is 0 Å². The lowest BCUT2D eigenvalue weighted by Crippen LogP contribution is -2.33. The van der Waals surface area contributed by atoms with Crippen molar-refractivity contribution in [2.45, 2.75) is 28.9 Å². The van der Waals surface area contributed by atoms with Gasteiger partial charge in [0.25, 0.3) is 0 Å². The highest BCUT2D eigenvalue weighted by molar-refractivity contribution is 9.10. The van der Waals surface area contributed by atoms with Gasteiger partial charge in [0.05, 0.1) is 22.2 Å². The predicted octanol–water partition coefficient (Wildman–Crippen LogP) is 5.83. The number of thioether (sulfide) groups is 1. The Morgan fingerprint density at radius 2 is 1.70 bits per heavy atom. The lowest BCUT2D eigenvalue weighted by Gasteiger charge is -2.31. The number of halogens is 4. The number of phenolic OH excluding ortho intramolecular Hbond substituents is 1. The van der Waals surface area contributed by atoms with Crippen LogP contribution in [-0.4, -0.2) is 32.6 Å². The molecule has 1 saturated heterocycles. The van der Waals surface area contributed by atoms with Crippen molar-refractivity contribution in [1.82, 2.24) is 4.57 Å². The Labute approximate surface area is 258 Å². The summed E-state index contributed by atoms with van der Waals surface area (Å²) >= 11 is 5.12. The standard InChI is InChI=1S/C29H19BrF3N3O5S2/c30-15-8-10-17(11-9-15)36-25(39)22-21(18-6-1-2-7-19(18)37)24-27(42-23(22)26(36)40)35(28(41)43-24)13-20(38)34-16-5-3-4-14(12-16)29(31,32)33/h1-12,21-23,37H,13H2,(H,34,38)/t21-,22+,23-/m0/s1. The molecule has 3 aromatic carbocycles. The highest BCUT2D eigenvalue weighted by Crippen LogP contribution is 2.55. The monoisotopic (exact) mass is 689 g/mol. The van der Waals surface area contributed by atoms with Crippen LogP contribution in [0.4, 0.5) is 24.5 Å². The topological polar surface area (TPSA) is 109 Å². The summed E-state index contributed by atoms with van der Waals surface area (Å²) in [6.45, 7) is -0.544. The number of para-hydroxylation sites is 1. The van der Waals surface area contributed by atoms with Crippen LogP contribution in [0.15, 0.2) is 87.1 Å². The fourth-order valence-electron chi connectivity index (χ4n) is 5.30. The summed E-state index contributed by atoms with van der Waals surface area (Å²) in [5, 5.41) is 12.5. The number of carbonyl (C=O) groups is 3. The summed E-state index contributed by atoms with van der Waals surface area (Å²) < 4.78 is 41.3. The van der Waals surface area contributed by atoms with Gasteiger partial charge in [0.15, 0.2) is 0 Å². The van der Waals surface area contributed by atoms with Gasteiger partial charge in [-0.05, 0) is 48.5 Å². The number of aromatic nitrogens is 1. The number of aromatic hydroxyl groups is 1. The van der Waals surface area contributed by atoms with Crippen molar-refractivity contribution in [3.8, 4) is 5.75 Å². The number of imide groups is 1. The SMILES string of the molecule is O=C(Cn1c2c(sc1=O)[C@@H](c1ccccc1O)[C@H]1C(=O)N(c3ccc(Br)cc3)C(=O)[C@H]1S2)Nc1cccc(C(F)(F)F)c1. The Bertz CT molecular complexity index is 1840. The minimum absolute atomic E-state index is 0.0986. The minimum atomic E-state index is -4.61. The number of phenols is 1. The van der Waals surface area contributed by atoms with Crippen molar-refractivity contribution in [2.75, 3.05) is 10.2 Å². The number of carbonyl (C=O) groups excluding carboxylic acids is 3. The zero-order chi connectivity index (χ0) is 30.6. The van der Waals surface area contributed by atoms with Crippen LogP contribution >= 0.6 is 39.0 Å². The molecule has 3 heterocycles.